The first-order chi connectivity index (χ1) is 13.1. The van der Waals surface area contributed by atoms with E-state index in [1.165, 1.54) is 6.42 Å². The number of likely N-dealkylation sites (tertiary alicyclic amines) is 1. The van der Waals surface area contributed by atoms with Crippen molar-refractivity contribution in [3.05, 3.63) is 59.2 Å². The van der Waals surface area contributed by atoms with Gasteiger partial charge in [0.2, 0.25) is 0 Å². The Morgan fingerprint density at radius 1 is 1.22 bits per heavy atom. The third-order valence-corrected chi connectivity index (χ3v) is 5.00. The molecule has 27 heavy (non-hydrogen) atoms. The molecular weight excluding hydrogens is 338 g/mol. The number of benzene rings is 2. The van der Waals surface area contributed by atoms with E-state index in [1.807, 2.05) is 24.3 Å². The van der Waals surface area contributed by atoms with Gasteiger partial charge < -0.3 is 15.4 Å². The molecule has 1 aliphatic heterocycles. The van der Waals surface area contributed by atoms with E-state index >= 15 is 0 Å². The van der Waals surface area contributed by atoms with Crippen molar-refractivity contribution in [1.29, 1.82) is 5.41 Å². The largest absolute Gasteiger partial charge is 0.490 e. The summed E-state index contributed by atoms with van der Waals surface area (Å²) < 4.78 is 6.11. The van der Waals surface area contributed by atoms with Gasteiger partial charge >= 0.3 is 0 Å². The van der Waals surface area contributed by atoms with Gasteiger partial charge in [0.1, 0.15) is 18.1 Å². The summed E-state index contributed by atoms with van der Waals surface area (Å²) in [7, 11) is 0. The number of nitrogens with two attached hydrogens (primary N) is 1. The van der Waals surface area contributed by atoms with Gasteiger partial charge in [-0.3, -0.25) is 10.2 Å². The third kappa shape index (κ3) is 4.74. The zero-order valence-corrected chi connectivity index (χ0v) is 15.8. The number of aldehydes is 1. The summed E-state index contributed by atoms with van der Waals surface area (Å²) in [4.78, 5) is 13.5. The van der Waals surface area contributed by atoms with Crippen molar-refractivity contribution in [2.45, 2.75) is 32.3 Å². The number of rotatable bonds is 7. The lowest BCUT2D eigenvalue weighted by Crippen LogP contribution is -2.38. The van der Waals surface area contributed by atoms with Crippen molar-refractivity contribution < 1.29 is 9.53 Å². The van der Waals surface area contributed by atoms with E-state index in [0.717, 1.165) is 50.1 Å². The maximum Gasteiger partial charge on any atom is 0.150 e. The molecule has 0 bridgehead atoms. The van der Waals surface area contributed by atoms with Crippen LogP contribution in [0.5, 0.6) is 5.75 Å². The molecule has 1 heterocycles. The molecule has 5 nitrogen and oxygen atoms in total. The molecular formula is C22H27N3O2. The minimum Gasteiger partial charge on any atom is -0.490 e. The predicted octanol–water partition coefficient (Wildman–Crippen LogP) is 3.75. The molecule has 142 valence electrons. The highest BCUT2D eigenvalue weighted by Crippen LogP contribution is 2.22. The van der Waals surface area contributed by atoms with Gasteiger partial charge in [-0.15, -0.1) is 0 Å². The normalized spacial score (nSPS) is 15.4. The number of carbonyl (C=O) groups excluding carboxylic acids is 1. The zero-order chi connectivity index (χ0) is 19.2. The standard InChI is InChI=1S/C22H27N3O2/c1-2-11-25-12-9-19(10-13-25)27-18-6-4-17(5-7-18)22(24)20-14-16(15-26)3-8-21(20)23/h3-8,14-15,19,24H,2,9-13,23H2,1H3. The van der Waals surface area contributed by atoms with Crippen LogP contribution in [0.2, 0.25) is 0 Å². The van der Waals surface area contributed by atoms with E-state index in [1.54, 1.807) is 18.2 Å². The molecule has 0 unspecified atom stereocenters. The topological polar surface area (TPSA) is 79.4 Å². The van der Waals surface area contributed by atoms with Gasteiger partial charge in [-0.05, 0) is 68.3 Å². The number of nitrogens with zero attached hydrogens (tertiary/aromatic N) is 1. The maximum atomic E-state index is 11.0. The van der Waals surface area contributed by atoms with Crippen LogP contribution in [0.4, 0.5) is 5.69 Å². The second-order valence-electron chi connectivity index (χ2n) is 7.02. The van der Waals surface area contributed by atoms with Crippen LogP contribution in [0, 0.1) is 5.41 Å². The summed E-state index contributed by atoms with van der Waals surface area (Å²) in [5.74, 6) is 0.829. The van der Waals surface area contributed by atoms with Crippen molar-refractivity contribution in [2.75, 3.05) is 25.4 Å². The van der Waals surface area contributed by atoms with Gasteiger partial charge in [0.05, 0.1) is 5.71 Å². The zero-order valence-electron chi connectivity index (χ0n) is 15.8. The molecule has 2 aromatic rings. The lowest BCUT2D eigenvalue weighted by molar-refractivity contribution is 0.101. The molecule has 0 spiro atoms. The highest BCUT2D eigenvalue weighted by Gasteiger charge is 2.20. The summed E-state index contributed by atoms with van der Waals surface area (Å²) in [6.45, 7) is 5.56. The Bertz CT molecular complexity index is 794. The van der Waals surface area contributed by atoms with Crippen LogP contribution < -0.4 is 10.5 Å². The minimum absolute atomic E-state index is 0.253. The van der Waals surface area contributed by atoms with Crippen molar-refractivity contribution in [1.82, 2.24) is 4.90 Å². The SMILES string of the molecule is CCCN1CCC(Oc2ccc(C(=N)c3cc(C=O)ccc3N)cc2)CC1. The molecule has 1 fully saturated rings. The Morgan fingerprint density at radius 2 is 1.93 bits per heavy atom. The fourth-order valence-electron chi connectivity index (χ4n) is 3.48. The summed E-state index contributed by atoms with van der Waals surface area (Å²) in [5, 5.41) is 8.43. The molecule has 1 saturated heterocycles. The lowest BCUT2D eigenvalue weighted by atomic mass is 9.99. The first kappa shape index (κ1) is 19.1. The molecule has 0 saturated carbocycles. The van der Waals surface area contributed by atoms with E-state index < -0.39 is 0 Å². The monoisotopic (exact) mass is 365 g/mol. The van der Waals surface area contributed by atoms with Crippen molar-refractivity contribution in [3.63, 3.8) is 0 Å². The van der Waals surface area contributed by atoms with E-state index in [9.17, 15) is 4.79 Å². The molecule has 5 heteroatoms. The first-order valence-electron chi connectivity index (χ1n) is 9.53. The number of hydrogen-bond acceptors (Lipinski definition) is 5. The lowest BCUT2D eigenvalue weighted by Gasteiger charge is -2.31. The molecule has 1 aliphatic rings. The van der Waals surface area contributed by atoms with Crippen LogP contribution in [-0.2, 0) is 0 Å². The van der Waals surface area contributed by atoms with Crippen molar-refractivity contribution in [2.24, 2.45) is 0 Å². The van der Waals surface area contributed by atoms with Crippen LogP contribution in [-0.4, -0.2) is 42.6 Å². The average Bonchev–Trinajstić information content (AvgIpc) is 2.70. The number of nitrogens with one attached hydrogen (secondary N) is 1. The number of nitrogen functional groups attached to an aromatic ring is 1. The summed E-state index contributed by atoms with van der Waals surface area (Å²) in [6, 6.07) is 12.5. The average molecular weight is 365 g/mol. The Hall–Kier alpha value is -2.66. The Labute approximate surface area is 160 Å². The molecule has 0 aromatic heterocycles. The first-order valence-corrected chi connectivity index (χ1v) is 9.53. The highest BCUT2D eigenvalue weighted by molar-refractivity contribution is 6.14. The molecule has 0 atom stereocenters. The van der Waals surface area contributed by atoms with Crippen molar-refractivity contribution >= 4 is 17.7 Å². The summed E-state index contributed by atoms with van der Waals surface area (Å²) in [6.07, 6.45) is 4.31. The van der Waals surface area contributed by atoms with E-state index in [-0.39, 0.29) is 6.10 Å². The molecule has 0 aliphatic carbocycles. The van der Waals surface area contributed by atoms with E-state index in [4.69, 9.17) is 15.9 Å². The van der Waals surface area contributed by atoms with Crippen LogP contribution in [0.25, 0.3) is 0 Å². The molecule has 3 N–H and O–H groups in total. The summed E-state index contributed by atoms with van der Waals surface area (Å²) >= 11 is 0. The summed E-state index contributed by atoms with van der Waals surface area (Å²) in [5.41, 5.74) is 8.60. The second-order valence-corrected chi connectivity index (χ2v) is 7.02. The molecule has 0 amide bonds. The molecule has 3 rings (SSSR count). The van der Waals surface area contributed by atoms with Gasteiger partial charge in [-0.25, -0.2) is 0 Å². The molecule has 0 radical (unpaired) electrons. The van der Waals surface area contributed by atoms with Crippen molar-refractivity contribution in [3.8, 4) is 5.75 Å². The number of hydrogen-bond donors (Lipinski definition) is 2. The second kappa shape index (κ2) is 8.82. The minimum atomic E-state index is 0.253. The maximum absolute atomic E-state index is 11.0. The van der Waals surface area contributed by atoms with Gasteiger partial charge in [0.25, 0.3) is 0 Å². The van der Waals surface area contributed by atoms with Gasteiger partial charge in [-0.2, -0.15) is 0 Å². The Kier molecular flexibility index (Phi) is 6.24. The Balaban J connectivity index is 1.64. The fraction of sp³-hybridized carbons (Fsp3) is 0.364. The van der Waals surface area contributed by atoms with E-state index in [0.29, 0.717) is 22.5 Å². The van der Waals surface area contributed by atoms with Crippen LogP contribution in [0.3, 0.4) is 0 Å². The van der Waals surface area contributed by atoms with Crippen LogP contribution in [0.1, 0.15) is 47.7 Å². The smallest absolute Gasteiger partial charge is 0.150 e. The number of carbonyl (C=O) groups is 1. The van der Waals surface area contributed by atoms with Crippen LogP contribution >= 0.6 is 0 Å². The van der Waals surface area contributed by atoms with E-state index in [2.05, 4.69) is 11.8 Å². The quantitative estimate of drug-likeness (QED) is 0.445. The fourth-order valence-corrected chi connectivity index (χ4v) is 3.48. The highest BCUT2D eigenvalue weighted by atomic mass is 16.5. The van der Waals surface area contributed by atoms with Gasteiger partial charge in [-0.1, -0.05) is 6.92 Å². The Morgan fingerprint density at radius 3 is 2.56 bits per heavy atom. The number of anilines is 1. The predicted molar refractivity (Wildman–Crippen MR) is 109 cm³/mol. The van der Waals surface area contributed by atoms with Crippen LogP contribution in [0.15, 0.2) is 42.5 Å². The number of ether oxygens (including phenoxy) is 1. The van der Waals surface area contributed by atoms with Gasteiger partial charge in [0, 0.05) is 35.5 Å². The number of piperidine rings is 1. The molecule has 2 aromatic carbocycles. The van der Waals surface area contributed by atoms with Gasteiger partial charge in [0.15, 0.2) is 0 Å². The third-order valence-electron chi connectivity index (χ3n) is 5.00.